The Bertz CT molecular complexity index is 399. The number of aliphatic carboxylic acids is 1. The number of carbonyl (C=O) groups is 1. The molecule has 0 heterocycles. The van der Waals surface area contributed by atoms with E-state index in [2.05, 4.69) is 23.7 Å². The second-order valence-corrected chi connectivity index (χ2v) is 4.69. The SMILES string of the molecule is CC(O)/C=C/C#CC#CCCCCCCCCC(=O)O. The van der Waals surface area contributed by atoms with Crippen LogP contribution < -0.4 is 0 Å². The Kier molecular flexibility index (Phi) is 12.5. The Morgan fingerprint density at radius 1 is 1.10 bits per heavy atom. The summed E-state index contributed by atoms with van der Waals surface area (Å²) in [6, 6.07) is 0. The third-order valence-electron chi connectivity index (χ3n) is 2.62. The number of hydrogen-bond donors (Lipinski definition) is 2. The van der Waals surface area contributed by atoms with Gasteiger partial charge in [-0.25, -0.2) is 0 Å². The predicted molar refractivity (Wildman–Crippen MR) is 80.9 cm³/mol. The van der Waals surface area contributed by atoms with E-state index in [1.54, 1.807) is 19.1 Å². The average molecular weight is 276 g/mol. The van der Waals surface area contributed by atoms with Gasteiger partial charge in [-0.15, -0.1) is 0 Å². The summed E-state index contributed by atoms with van der Waals surface area (Å²) in [7, 11) is 0. The molecule has 0 saturated carbocycles. The normalized spacial score (nSPS) is 11.3. The second-order valence-electron chi connectivity index (χ2n) is 4.69. The molecule has 0 aliphatic carbocycles. The molecule has 0 fully saturated rings. The van der Waals surface area contributed by atoms with Crippen molar-refractivity contribution in [3.63, 3.8) is 0 Å². The van der Waals surface area contributed by atoms with Crippen LogP contribution in [0.3, 0.4) is 0 Å². The lowest BCUT2D eigenvalue weighted by Gasteiger charge is -1.98. The number of unbranched alkanes of at least 4 members (excludes halogenated alkanes) is 6. The molecule has 0 bridgehead atoms. The minimum Gasteiger partial charge on any atom is -0.481 e. The maximum atomic E-state index is 10.3. The number of aliphatic hydroxyl groups is 1. The topological polar surface area (TPSA) is 57.5 Å². The van der Waals surface area contributed by atoms with Crippen LogP contribution in [0.1, 0.15) is 58.3 Å². The first-order chi connectivity index (χ1) is 9.63. The van der Waals surface area contributed by atoms with Gasteiger partial charge in [0.15, 0.2) is 0 Å². The highest BCUT2D eigenvalue weighted by molar-refractivity contribution is 5.66. The standard InChI is InChI=1S/C17H24O3/c1-16(18)14-12-10-8-6-4-2-3-5-7-9-11-13-15-17(19)20/h12,14,16,18H,2-3,5,7,9,11,13,15H2,1H3,(H,19,20)/b14-12+. The van der Waals surface area contributed by atoms with Gasteiger partial charge in [-0.1, -0.05) is 37.5 Å². The van der Waals surface area contributed by atoms with E-state index in [4.69, 9.17) is 10.2 Å². The zero-order valence-electron chi connectivity index (χ0n) is 12.2. The zero-order chi connectivity index (χ0) is 15.1. The largest absolute Gasteiger partial charge is 0.481 e. The molecular formula is C17H24O3. The smallest absolute Gasteiger partial charge is 0.303 e. The summed E-state index contributed by atoms with van der Waals surface area (Å²) in [5, 5.41) is 17.4. The van der Waals surface area contributed by atoms with Gasteiger partial charge in [-0.3, -0.25) is 4.79 Å². The first-order valence-corrected chi connectivity index (χ1v) is 7.18. The highest BCUT2D eigenvalue weighted by Gasteiger charge is 1.95. The van der Waals surface area contributed by atoms with Crippen molar-refractivity contribution in [1.29, 1.82) is 0 Å². The predicted octanol–water partition coefficient (Wildman–Crippen LogP) is 3.14. The quantitative estimate of drug-likeness (QED) is 0.502. The van der Waals surface area contributed by atoms with Gasteiger partial charge in [0.1, 0.15) is 0 Å². The van der Waals surface area contributed by atoms with Crippen molar-refractivity contribution in [2.24, 2.45) is 0 Å². The van der Waals surface area contributed by atoms with E-state index in [1.807, 2.05) is 0 Å². The highest BCUT2D eigenvalue weighted by Crippen LogP contribution is 2.08. The van der Waals surface area contributed by atoms with Crippen LogP contribution in [0.4, 0.5) is 0 Å². The molecule has 3 heteroatoms. The molecule has 1 unspecified atom stereocenters. The zero-order valence-corrected chi connectivity index (χ0v) is 12.2. The fourth-order valence-electron chi connectivity index (χ4n) is 1.57. The van der Waals surface area contributed by atoms with Crippen molar-refractivity contribution in [3.05, 3.63) is 12.2 Å². The molecule has 0 aromatic carbocycles. The lowest BCUT2D eigenvalue weighted by Crippen LogP contribution is -1.93. The van der Waals surface area contributed by atoms with Crippen molar-refractivity contribution in [2.45, 2.75) is 64.4 Å². The first-order valence-electron chi connectivity index (χ1n) is 7.18. The number of rotatable bonds is 9. The Morgan fingerprint density at radius 2 is 1.75 bits per heavy atom. The number of carboxylic acids is 1. The third-order valence-corrected chi connectivity index (χ3v) is 2.62. The van der Waals surface area contributed by atoms with E-state index in [0.29, 0.717) is 0 Å². The number of hydrogen-bond acceptors (Lipinski definition) is 2. The Balaban J connectivity index is 3.38. The molecule has 3 nitrogen and oxygen atoms in total. The molecule has 1 atom stereocenters. The van der Waals surface area contributed by atoms with Crippen molar-refractivity contribution < 1.29 is 15.0 Å². The van der Waals surface area contributed by atoms with Gasteiger partial charge >= 0.3 is 5.97 Å². The summed E-state index contributed by atoms with van der Waals surface area (Å²) in [5.41, 5.74) is 0. The van der Waals surface area contributed by atoms with E-state index in [1.165, 1.54) is 0 Å². The van der Waals surface area contributed by atoms with Gasteiger partial charge in [-0.2, -0.15) is 0 Å². The maximum Gasteiger partial charge on any atom is 0.303 e. The molecule has 0 aromatic rings. The molecule has 0 rings (SSSR count). The fourth-order valence-corrected chi connectivity index (χ4v) is 1.57. The number of allylic oxidation sites excluding steroid dienone is 1. The molecule has 0 amide bonds. The van der Waals surface area contributed by atoms with Crippen molar-refractivity contribution in [2.75, 3.05) is 0 Å². The van der Waals surface area contributed by atoms with E-state index in [0.717, 1.165) is 44.9 Å². The monoisotopic (exact) mass is 276 g/mol. The van der Waals surface area contributed by atoms with Gasteiger partial charge in [0.05, 0.1) is 6.10 Å². The molecular weight excluding hydrogens is 252 g/mol. The molecule has 0 aliphatic heterocycles. The lowest BCUT2D eigenvalue weighted by atomic mass is 10.1. The molecule has 0 saturated heterocycles. The van der Waals surface area contributed by atoms with E-state index in [-0.39, 0.29) is 6.42 Å². The maximum absolute atomic E-state index is 10.3. The summed E-state index contributed by atoms with van der Waals surface area (Å²) in [5.74, 6) is 10.5. The molecule has 20 heavy (non-hydrogen) atoms. The van der Waals surface area contributed by atoms with Crippen LogP contribution in [-0.4, -0.2) is 22.3 Å². The Labute approximate surface area is 122 Å². The van der Waals surface area contributed by atoms with E-state index in [9.17, 15) is 4.79 Å². The number of carboxylic acid groups (broad SMARTS) is 1. The van der Waals surface area contributed by atoms with Crippen molar-refractivity contribution in [1.82, 2.24) is 0 Å². The first kappa shape index (κ1) is 18.3. The van der Waals surface area contributed by atoms with Crippen molar-refractivity contribution >= 4 is 5.97 Å². The van der Waals surface area contributed by atoms with Crippen molar-refractivity contribution in [3.8, 4) is 23.7 Å². The molecule has 0 aliphatic rings. The van der Waals surface area contributed by atoms with Gasteiger partial charge in [0, 0.05) is 12.8 Å². The van der Waals surface area contributed by atoms with E-state index >= 15 is 0 Å². The van der Waals surface area contributed by atoms with E-state index < -0.39 is 12.1 Å². The van der Waals surface area contributed by atoms with Gasteiger partial charge in [0.2, 0.25) is 0 Å². The minimum absolute atomic E-state index is 0.285. The van der Waals surface area contributed by atoms with Crippen LogP contribution in [0.5, 0.6) is 0 Å². The molecule has 0 aromatic heterocycles. The third kappa shape index (κ3) is 16.3. The summed E-state index contributed by atoms with van der Waals surface area (Å²) in [6.45, 7) is 1.67. The van der Waals surface area contributed by atoms with Crippen LogP contribution in [0.25, 0.3) is 0 Å². The van der Waals surface area contributed by atoms with Crippen LogP contribution in [0.15, 0.2) is 12.2 Å². The minimum atomic E-state index is -0.704. The summed E-state index contributed by atoms with van der Waals surface area (Å²) in [6.07, 6.45) is 10.1. The van der Waals surface area contributed by atoms with Crippen LogP contribution in [-0.2, 0) is 4.79 Å². The average Bonchev–Trinajstić information content (AvgIpc) is 2.38. The Hall–Kier alpha value is -1.71. The summed E-state index contributed by atoms with van der Waals surface area (Å²) >= 11 is 0. The molecule has 0 radical (unpaired) electrons. The van der Waals surface area contributed by atoms with Crippen LogP contribution in [0, 0.1) is 23.7 Å². The van der Waals surface area contributed by atoms with Gasteiger partial charge < -0.3 is 10.2 Å². The van der Waals surface area contributed by atoms with Crippen LogP contribution in [0.2, 0.25) is 0 Å². The van der Waals surface area contributed by atoms with Crippen LogP contribution >= 0.6 is 0 Å². The summed E-state index contributed by atoms with van der Waals surface area (Å²) in [4.78, 5) is 10.3. The summed E-state index contributed by atoms with van der Waals surface area (Å²) < 4.78 is 0. The molecule has 2 N–H and O–H groups in total. The fraction of sp³-hybridized carbons (Fsp3) is 0.588. The number of aliphatic hydroxyl groups excluding tert-OH is 1. The Morgan fingerprint density at radius 3 is 2.40 bits per heavy atom. The van der Waals surface area contributed by atoms with Gasteiger partial charge in [0.25, 0.3) is 0 Å². The van der Waals surface area contributed by atoms with Gasteiger partial charge in [-0.05, 0) is 43.8 Å². The lowest BCUT2D eigenvalue weighted by molar-refractivity contribution is -0.137. The molecule has 110 valence electrons. The highest BCUT2D eigenvalue weighted by atomic mass is 16.4. The second kappa shape index (κ2) is 13.7. The molecule has 0 spiro atoms.